The molecule has 0 aromatic rings. The van der Waals surface area contributed by atoms with Crippen LogP contribution in [0.3, 0.4) is 0 Å². The van der Waals surface area contributed by atoms with Gasteiger partial charge in [-0.25, -0.2) is 13.5 Å². The van der Waals surface area contributed by atoms with Gasteiger partial charge in [0.25, 0.3) is 0 Å². The van der Waals surface area contributed by atoms with Crippen molar-refractivity contribution in [3.8, 4) is 0 Å². The van der Waals surface area contributed by atoms with E-state index < -0.39 is 16.4 Å². The molecule has 3 nitrogen and oxygen atoms in total. The molecule has 0 atom stereocenters. The number of sulfone groups is 1. The van der Waals surface area contributed by atoms with Crippen molar-refractivity contribution in [3.05, 3.63) is 0 Å². The molecule has 0 spiro atoms. The molecule has 0 rings (SSSR count). The molecule has 0 aromatic heterocycles. The largest absolute Gasteiger partial charge is 0.236 e. The first-order valence-electron chi connectivity index (χ1n) is 3.55. The van der Waals surface area contributed by atoms with Gasteiger partial charge < -0.3 is 0 Å². The summed E-state index contributed by atoms with van der Waals surface area (Å²) in [5, 5.41) is 10.1. The van der Waals surface area contributed by atoms with Gasteiger partial charge in [-0.2, -0.15) is 0 Å². The van der Waals surface area contributed by atoms with Crippen LogP contribution in [0.25, 0.3) is 0 Å². The minimum absolute atomic E-state index is 0.0994. The lowest BCUT2D eigenvalue weighted by molar-refractivity contribution is 0.213. The van der Waals surface area contributed by atoms with Crippen molar-refractivity contribution in [1.29, 1.82) is 0 Å². The van der Waals surface area contributed by atoms with E-state index in [1.807, 2.05) is 20.8 Å². The van der Waals surface area contributed by atoms with E-state index >= 15 is 0 Å². The molecule has 0 unspecified atom stereocenters. The molecule has 0 N–H and O–H groups in total. The summed E-state index contributed by atoms with van der Waals surface area (Å²) in [7, 11) is -3.10. The zero-order valence-electron chi connectivity index (χ0n) is 7.25. The first-order chi connectivity index (χ1) is 4.77. The second-order valence-corrected chi connectivity index (χ2v) is 6.04. The molecule has 0 amide bonds. The Bertz CT molecular complexity index is 198. The summed E-state index contributed by atoms with van der Waals surface area (Å²) < 4.78 is 22.1. The zero-order valence-corrected chi connectivity index (χ0v) is 8.07. The molecule has 0 aromatic carbocycles. The smallest absolute Gasteiger partial charge is 0.153 e. The van der Waals surface area contributed by atoms with Crippen molar-refractivity contribution in [2.75, 3.05) is 18.1 Å². The Hall–Kier alpha value is -0.0900. The van der Waals surface area contributed by atoms with Crippen LogP contribution in [-0.4, -0.2) is 26.5 Å². The van der Waals surface area contributed by atoms with Crippen LogP contribution in [0.2, 0.25) is 0 Å². The van der Waals surface area contributed by atoms with Gasteiger partial charge in [-0.3, -0.25) is 0 Å². The van der Waals surface area contributed by atoms with Crippen molar-refractivity contribution >= 4 is 9.84 Å². The fourth-order valence-corrected chi connectivity index (χ4v) is 2.58. The van der Waals surface area contributed by atoms with Crippen LogP contribution in [0.15, 0.2) is 0 Å². The molecule has 0 aliphatic heterocycles. The highest BCUT2D eigenvalue weighted by atomic mass is 32.2. The van der Waals surface area contributed by atoms with E-state index in [1.54, 1.807) is 0 Å². The third-order valence-electron chi connectivity index (χ3n) is 1.05. The van der Waals surface area contributed by atoms with Crippen LogP contribution in [0.1, 0.15) is 20.8 Å². The maximum absolute atomic E-state index is 11.0. The fourth-order valence-electron chi connectivity index (χ4n) is 0.859. The van der Waals surface area contributed by atoms with Crippen LogP contribution in [0, 0.1) is 5.41 Å². The molecule has 0 fully saturated rings. The van der Waals surface area contributed by atoms with E-state index in [9.17, 15) is 13.5 Å². The number of hydrogen-bond acceptors (Lipinski definition) is 2. The summed E-state index contributed by atoms with van der Waals surface area (Å²) in [6.45, 7) is 5.00. The van der Waals surface area contributed by atoms with Crippen molar-refractivity contribution in [2.24, 2.45) is 5.41 Å². The second kappa shape index (κ2) is 3.54. The van der Waals surface area contributed by atoms with Crippen LogP contribution >= 0.6 is 0 Å². The van der Waals surface area contributed by atoms with Gasteiger partial charge in [-0.15, -0.1) is 0 Å². The molecule has 11 heavy (non-hydrogen) atoms. The van der Waals surface area contributed by atoms with E-state index in [0.29, 0.717) is 0 Å². The Labute approximate surface area is 68.3 Å². The van der Waals surface area contributed by atoms with Gasteiger partial charge in [0.15, 0.2) is 9.84 Å². The lowest BCUT2D eigenvalue weighted by atomic mass is 10.0. The van der Waals surface area contributed by atoms with Crippen molar-refractivity contribution in [1.82, 2.24) is 0 Å². The summed E-state index contributed by atoms with van der Waals surface area (Å²) in [5.74, 6) is -0.132. The van der Waals surface area contributed by atoms with Crippen LogP contribution < -0.4 is 0 Å². The molecule has 0 aliphatic rings. The van der Waals surface area contributed by atoms with Gasteiger partial charge >= 0.3 is 0 Å². The summed E-state index contributed by atoms with van der Waals surface area (Å²) in [6, 6.07) is 0. The standard InChI is InChI=1S/C7H15O3S/c1-7(2,3)6-11(9,10)5-4-8/h4-6H2,1-3H3. The molecule has 0 bridgehead atoms. The van der Waals surface area contributed by atoms with Gasteiger partial charge in [0.1, 0.15) is 0 Å². The lowest BCUT2D eigenvalue weighted by Gasteiger charge is -2.16. The quantitative estimate of drug-likeness (QED) is 0.645. The highest BCUT2D eigenvalue weighted by Crippen LogP contribution is 2.16. The number of rotatable bonds is 3. The Balaban J connectivity index is 4.15. The predicted octanol–water partition coefficient (Wildman–Crippen LogP) is 0.878. The van der Waals surface area contributed by atoms with Gasteiger partial charge in [-0.05, 0) is 5.41 Å². The zero-order chi connectivity index (χ0) is 9.12. The summed E-state index contributed by atoms with van der Waals surface area (Å²) in [5.41, 5.74) is -0.242. The van der Waals surface area contributed by atoms with E-state index in [-0.39, 0.29) is 16.9 Å². The fraction of sp³-hybridized carbons (Fsp3) is 1.00. The van der Waals surface area contributed by atoms with Crippen LogP contribution in [0.5, 0.6) is 0 Å². The molecule has 1 radical (unpaired) electrons. The average Bonchev–Trinajstić information content (AvgIpc) is 1.55. The first-order valence-corrected chi connectivity index (χ1v) is 5.37. The van der Waals surface area contributed by atoms with E-state index in [0.717, 1.165) is 0 Å². The predicted molar refractivity (Wildman–Crippen MR) is 43.7 cm³/mol. The monoisotopic (exact) mass is 179 g/mol. The second-order valence-electron chi connectivity index (χ2n) is 3.86. The Morgan fingerprint density at radius 1 is 1.18 bits per heavy atom. The third-order valence-corrected chi connectivity index (χ3v) is 3.14. The topological polar surface area (TPSA) is 54.0 Å². The Morgan fingerprint density at radius 3 is 1.91 bits per heavy atom. The maximum atomic E-state index is 11.0. The maximum Gasteiger partial charge on any atom is 0.153 e. The SMILES string of the molecule is CC(C)(C)CS(=O)(=O)CC[O]. The molecule has 67 valence electrons. The molecule has 0 saturated heterocycles. The Kier molecular flexibility index (Phi) is 3.51. The van der Waals surface area contributed by atoms with Crippen molar-refractivity contribution in [2.45, 2.75) is 20.8 Å². The van der Waals surface area contributed by atoms with Crippen molar-refractivity contribution in [3.63, 3.8) is 0 Å². The van der Waals surface area contributed by atoms with Crippen LogP contribution in [0.4, 0.5) is 0 Å². The Morgan fingerprint density at radius 2 is 1.64 bits per heavy atom. The minimum atomic E-state index is -3.10. The molecule has 0 aliphatic carbocycles. The molecule has 4 heteroatoms. The summed E-state index contributed by atoms with van der Waals surface area (Å²) in [6.07, 6.45) is 0. The normalized spacial score (nSPS) is 13.5. The van der Waals surface area contributed by atoms with E-state index in [1.165, 1.54) is 0 Å². The van der Waals surface area contributed by atoms with Gasteiger partial charge in [0, 0.05) is 0 Å². The van der Waals surface area contributed by atoms with E-state index in [2.05, 4.69) is 0 Å². The first kappa shape index (κ1) is 10.9. The van der Waals surface area contributed by atoms with E-state index in [4.69, 9.17) is 0 Å². The molecular weight excluding hydrogens is 164 g/mol. The summed E-state index contributed by atoms with van der Waals surface area (Å²) >= 11 is 0. The average molecular weight is 179 g/mol. The van der Waals surface area contributed by atoms with Crippen molar-refractivity contribution < 1.29 is 13.5 Å². The summed E-state index contributed by atoms with van der Waals surface area (Å²) in [4.78, 5) is 0. The third kappa shape index (κ3) is 6.31. The highest BCUT2D eigenvalue weighted by molar-refractivity contribution is 7.91. The molecular formula is C7H15O3S. The number of hydrogen-bond donors (Lipinski definition) is 0. The van der Waals surface area contributed by atoms with Gasteiger partial charge in [0.05, 0.1) is 18.1 Å². The minimum Gasteiger partial charge on any atom is -0.236 e. The molecule has 0 heterocycles. The lowest BCUT2D eigenvalue weighted by Crippen LogP contribution is -2.24. The van der Waals surface area contributed by atoms with Crippen LogP contribution in [-0.2, 0) is 14.9 Å². The molecule has 0 saturated carbocycles. The highest BCUT2D eigenvalue weighted by Gasteiger charge is 2.20. The van der Waals surface area contributed by atoms with Gasteiger partial charge in [0.2, 0.25) is 0 Å². The van der Waals surface area contributed by atoms with Gasteiger partial charge in [-0.1, -0.05) is 20.8 Å².